The fourth-order valence-electron chi connectivity index (χ4n) is 2.38. The molecule has 0 aliphatic carbocycles. The number of esters is 1. The molecule has 0 fully saturated rings. The lowest BCUT2D eigenvalue weighted by atomic mass is 10.2. The van der Waals surface area contributed by atoms with Crippen molar-refractivity contribution in [2.24, 2.45) is 0 Å². The quantitative estimate of drug-likeness (QED) is 0.794. The third-order valence-corrected chi connectivity index (χ3v) is 3.65. The maximum atomic E-state index is 12.3. The average Bonchev–Trinajstić information content (AvgIpc) is 2.66. The summed E-state index contributed by atoms with van der Waals surface area (Å²) in [6, 6.07) is 14.7. The molecule has 0 saturated heterocycles. The van der Waals surface area contributed by atoms with E-state index < -0.39 is 11.9 Å². The molecular formula is C20H19N3O4. The molecule has 7 nitrogen and oxygen atoms in total. The number of amides is 2. The smallest absolute Gasteiger partial charge is 0.338 e. The fourth-order valence-corrected chi connectivity index (χ4v) is 2.38. The van der Waals surface area contributed by atoms with E-state index in [1.54, 1.807) is 55.5 Å². The summed E-state index contributed by atoms with van der Waals surface area (Å²) in [6.07, 6.45) is 0. The van der Waals surface area contributed by atoms with Gasteiger partial charge >= 0.3 is 5.97 Å². The Hall–Kier alpha value is -3.66. The number of nitriles is 1. The predicted octanol–water partition coefficient (Wildman–Crippen LogP) is 2.73. The molecule has 0 aromatic heterocycles. The first-order valence-corrected chi connectivity index (χ1v) is 8.30. The summed E-state index contributed by atoms with van der Waals surface area (Å²) >= 11 is 0. The average molecular weight is 365 g/mol. The van der Waals surface area contributed by atoms with Crippen molar-refractivity contribution in [3.63, 3.8) is 0 Å². The van der Waals surface area contributed by atoms with Gasteiger partial charge in [-0.1, -0.05) is 6.07 Å². The summed E-state index contributed by atoms with van der Waals surface area (Å²) in [5.41, 5.74) is 1.74. The van der Waals surface area contributed by atoms with Crippen LogP contribution >= 0.6 is 0 Å². The van der Waals surface area contributed by atoms with E-state index in [4.69, 9.17) is 10.00 Å². The molecule has 2 aromatic carbocycles. The zero-order valence-corrected chi connectivity index (χ0v) is 15.1. The van der Waals surface area contributed by atoms with Crippen LogP contribution in [0.5, 0.6) is 0 Å². The summed E-state index contributed by atoms with van der Waals surface area (Å²) in [4.78, 5) is 37.2. The molecule has 0 bridgehead atoms. The first-order valence-electron chi connectivity index (χ1n) is 8.30. The minimum Gasteiger partial charge on any atom is -0.462 e. The first-order chi connectivity index (χ1) is 12.9. The molecule has 0 aliphatic heterocycles. The number of anilines is 2. The van der Waals surface area contributed by atoms with E-state index in [0.29, 0.717) is 22.5 Å². The van der Waals surface area contributed by atoms with E-state index in [2.05, 4.69) is 5.32 Å². The van der Waals surface area contributed by atoms with E-state index in [9.17, 15) is 14.4 Å². The Balaban J connectivity index is 2.07. The van der Waals surface area contributed by atoms with E-state index >= 15 is 0 Å². The second kappa shape index (κ2) is 9.15. The largest absolute Gasteiger partial charge is 0.462 e. The molecule has 7 heteroatoms. The highest BCUT2D eigenvalue weighted by Gasteiger charge is 2.16. The van der Waals surface area contributed by atoms with Gasteiger partial charge in [0.15, 0.2) is 0 Å². The number of nitrogens with one attached hydrogen (secondary N) is 1. The molecule has 0 spiro atoms. The van der Waals surface area contributed by atoms with Crippen LogP contribution in [-0.4, -0.2) is 30.9 Å². The van der Waals surface area contributed by atoms with Gasteiger partial charge in [-0.2, -0.15) is 5.26 Å². The summed E-state index contributed by atoms with van der Waals surface area (Å²) in [5.74, 6) is -1.16. The highest BCUT2D eigenvalue weighted by molar-refractivity contribution is 6.02. The molecule has 0 heterocycles. The molecule has 1 N–H and O–H groups in total. The van der Waals surface area contributed by atoms with Crippen molar-refractivity contribution in [1.29, 1.82) is 5.26 Å². The fraction of sp³-hybridized carbons (Fsp3) is 0.200. The van der Waals surface area contributed by atoms with Gasteiger partial charge in [-0.15, -0.1) is 0 Å². The molecule has 0 aliphatic rings. The Bertz CT molecular complexity index is 885. The Kier molecular flexibility index (Phi) is 6.67. The monoisotopic (exact) mass is 365 g/mol. The summed E-state index contributed by atoms with van der Waals surface area (Å²) in [6.45, 7) is 3.15. The summed E-state index contributed by atoms with van der Waals surface area (Å²) < 4.78 is 4.90. The van der Waals surface area contributed by atoms with Gasteiger partial charge in [0.05, 0.1) is 23.8 Å². The lowest BCUT2D eigenvalue weighted by Gasteiger charge is -2.21. The number of hydrogen-bond donors (Lipinski definition) is 1. The summed E-state index contributed by atoms with van der Waals surface area (Å²) in [5, 5.41) is 11.7. The predicted molar refractivity (Wildman–Crippen MR) is 100 cm³/mol. The zero-order chi connectivity index (χ0) is 19.8. The molecule has 0 unspecified atom stereocenters. The van der Waals surface area contributed by atoms with Crippen LogP contribution in [0.15, 0.2) is 48.5 Å². The van der Waals surface area contributed by atoms with Crippen molar-refractivity contribution in [3.8, 4) is 6.07 Å². The van der Waals surface area contributed by atoms with Gasteiger partial charge in [0, 0.05) is 18.3 Å². The van der Waals surface area contributed by atoms with Crippen molar-refractivity contribution in [3.05, 3.63) is 59.7 Å². The molecule has 0 atom stereocenters. The zero-order valence-electron chi connectivity index (χ0n) is 15.1. The van der Waals surface area contributed by atoms with E-state index in [-0.39, 0.29) is 19.1 Å². The highest BCUT2D eigenvalue weighted by atomic mass is 16.5. The van der Waals surface area contributed by atoms with Crippen LogP contribution in [0.25, 0.3) is 0 Å². The number of carbonyl (C=O) groups is 3. The van der Waals surface area contributed by atoms with Gasteiger partial charge in [-0.05, 0) is 49.4 Å². The third-order valence-electron chi connectivity index (χ3n) is 3.65. The van der Waals surface area contributed by atoms with Gasteiger partial charge in [0.25, 0.3) is 0 Å². The Morgan fingerprint density at radius 2 is 1.85 bits per heavy atom. The molecule has 138 valence electrons. The molecule has 0 saturated carbocycles. The van der Waals surface area contributed by atoms with E-state index in [0.717, 1.165) is 0 Å². The molecule has 2 aromatic rings. The van der Waals surface area contributed by atoms with Crippen LogP contribution in [0.1, 0.15) is 29.8 Å². The van der Waals surface area contributed by atoms with Crippen LogP contribution < -0.4 is 10.2 Å². The lowest BCUT2D eigenvalue weighted by molar-refractivity contribution is -0.120. The topological polar surface area (TPSA) is 99.5 Å². The normalized spacial score (nSPS) is 9.81. The second-order valence-corrected chi connectivity index (χ2v) is 5.61. The maximum Gasteiger partial charge on any atom is 0.338 e. The number of rotatable bonds is 6. The molecule has 27 heavy (non-hydrogen) atoms. The first kappa shape index (κ1) is 19.7. The number of benzene rings is 2. The van der Waals surface area contributed by atoms with Crippen molar-refractivity contribution < 1.29 is 19.1 Å². The second-order valence-electron chi connectivity index (χ2n) is 5.61. The van der Waals surface area contributed by atoms with Gasteiger partial charge < -0.3 is 15.0 Å². The Morgan fingerprint density at radius 3 is 2.44 bits per heavy atom. The van der Waals surface area contributed by atoms with E-state index in [1.165, 1.54) is 11.8 Å². The Labute approximate surface area is 157 Å². The minimum atomic E-state index is -0.435. The third kappa shape index (κ3) is 5.41. The van der Waals surface area contributed by atoms with Gasteiger partial charge in [0.2, 0.25) is 11.8 Å². The maximum absolute atomic E-state index is 12.3. The summed E-state index contributed by atoms with van der Waals surface area (Å²) in [7, 11) is 0. The molecule has 2 amide bonds. The van der Waals surface area contributed by atoms with Crippen molar-refractivity contribution in [2.75, 3.05) is 23.4 Å². The molecule has 0 radical (unpaired) electrons. The Morgan fingerprint density at radius 1 is 1.15 bits per heavy atom. The van der Waals surface area contributed by atoms with Gasteiger partial charge in [-0.25, -0.2) is 4.79 Å². The van der Waals surface area contributed by atoms with Gasteiger partial charge in [-0.3, -0.25) is 9.59 Å². The van der Waals surface area contributed by atoms with Crippen LogP contribution in [0.4, 0.5) is 11.4 Å². The van der Waals surface area contributed by atoms with Crippen LogP contribution in [0.3, 0.4) is 0 Å². The number of ether oxygens (including phenoxy) is 1. The standard InChI is InChI=1S/C20H19N3O4/c1-3-27-20(26)16-7-9-17(10-8-16)22-19(25)13-23(14(2)24)18-6-4-5-15(11-18)12-21/h4-11H,3,13H2,1-2H3,(H,22,25). The van der Waals surface area contributed by atoms with E-state index in [1.807, 2.05) is 6.07 Å². The SMILES string of the molecule is CCOC(=O)c1ccc(NC(=O)CN(C(C)=O)c2cccc(C#N)c2)cc1. The molecule has 2 rings (SSSR count). The number of nitrogens with zero attached hydrogens (tertiary/aromatic N) is 2. The van der Waals surface area contributed by atoms with Crippen LogP contribution in [0, 0.1) is 11.3 Å². The number of carbonyl (C=O) groups excluding carboxylic acids is 3. The van der Waals surface area contributed by atoms with Crippen molar-refractivity contribution >= 4 is 29.2 Å². The minimum absolute atomic E-state index is 0.205. The van der Waals surface area contributed by atoms with Crippen molar-refractivity contribution in [2.45, 2.75) is 13.8 Å². The van der Waals surface area contributed by atoms with Crippen LogP contribution in [-0.2, 0) is 14.3 Å². The highest BCUT2D eigenvalue weighted by Crippen LogP contribution is 2.17. The van der Waals surface area contributed by atoms with Gasteiger partial charge in [0.1, 0.15) is 6.54 Å². The number of hydrogen-bond acceptors (Lipinski definition) is 5. The van der Waals surface area contributed by atoms with Crippen LogP contribution in [0.2, 0.25) is 0 Å². The lowest BCUT2D eigenvalue weighted by Crippen LogP contribution is -2.36. The molecular weight excluding hydrogens is 346 g/mol. The van der Waals surface area contributed by atoms with Crippen molar-refractivity contribution in [1.82, 2.24) is 0 Å².